The van der Waals surface area contributed by atoms with Gasteiger partial charge in [0.05, 0.1) is 22.4 Å². The lowest BCUT2D eigenvalue weighted by Gasteiger charge is -2.09. The molecule has 0 bridgehead atoms. The van der Waals surface area contributed by atoms with Crippen LogP contribution in [0.25, 0.3) is 5.82 Å². The molecule has 3 rings (SSSR count). The van der Waals surface area contributed by atoms with Crippen molar-refractivity contribution in [2.24, 2.45) is 0 Å². The molecule has 0 saturated heterocycles. The third-order valence-electron chi connectivity index (χ3n) is 4.48. The molecule has 0 aliphatic carbocycles. The van der Waals surface area contributed by atoms with Gasteiger partial charge in [-0.3, -0.25) is 14.9 Å². The van der Waals surface area contributed by atoms with Crippen molar-refractivity contribution in [2.45, 2.75) is 20.0 Å². The van der Waals surface area contributed by atoms with Gasteiger partial charge in [-0.1, -0.05) is 6.07 Å². The average molecular weight is 463 g/mol. The average Bonchev–Trinajstić information content (AvgIpc) is 3.14. The van der Waals surface area contributed by atoms with Crippen LogP contribution in [0.15, 0.2) is 42.7 Å². The summed E-state index contributed by atoms with van der Waals surface area (Å²) in [5.41, 5.74) is -0.482. The Morgan fingerprint density at radius 2 is 1.91 bits per heavy atom. The van der Waals surface area contributed by atoms with Crippen LogP contribution < -0.4 is 5.32 Å². The molecular weight excluding hydrogens is 447 g/mol. The molecule has 0 radical (unpaired) electrons. The van der Waals surface area contributed by atoms with E-state index in [4.69, 9.17) is 4.74 Å². The van der Waals surface area contributed by atoms with Crippen LogP contribution >= 0.6 is 0 Å². The van der Waals surface area contributed by atoms with Crippen molar-refractivity contribution >= 4 is 23.3 Å². The monoisotopic (exact) mass is 463 g/mol. The number of ether oxygens (including phenoxy) is 1. The fourth-order valence-corrected chi connectivity index (χ4v) is 2.81. The molecule has 0 unspecified atom stereocenters. The molecule has 0 saturated carbocycles. The molecule has 0 aliphatic rings. The lowest BCUT2D eigenvalue weighted by atomic mass is 10.2. The number of aromatic nitrogens is 3. The summed E-state index contributed by atoms with van der Waals surface area (Å²) in [5, 5.41) is 17.4. The summed E-state index contributed by atoms with van der Waals surface area (Å²) >= 11 is 0. The highest BCUT2D eigenvalue weighted by Gasteiger charge is 2.31. The summed E-state index contributed by atoms with van der Waals surface area (Å²) in [4.78, 5) is 38.6. The second-order valence-corrected chi connectivity index (χ2v) is 6.86. The van der Waals surface area contributed by atoms with Crippen LogP contribution in [-0.4, -0.2) is 38.2 Å². The van der Waals surface area contributed by atoms with E-state index in [1.54, 1.807) is 13.0 Å². The molecule has 13 heteroatoms. The Morgan fingerprint density at radius 3 is 2.52 bits per heavy atom. The number of nitro groups is 1. The number of benzene rings is 1. The van der Waals surface area contributed by atoms with Gasteiger partial charge >= 0.3 is 12.1 Å². The number of carbonyl (C=O) groups is 2. The smallest absolute Gasteiger partial charge is 0.417 e. The first kappa shape index (κ1) is 23.4. The minimum Gasteiger partial charge on any atom is -0.452 e. The van der Waals surface area contributed by atoms with Gasteiger partial charge in [0.15, 0.2) is 12.4 Å². The fourth-order valence-electron chi connectivity index (χ4n) is 2.81. The first-order valence-electron chi connectivity index (χ1n) is 9.27. The zero-order valence-corrected chi connectivity index (χ0v) is 17.2. The number of carbonyl (C=O) groups excluding carboxylic acids is 2. The predicted molar refractivity (Wildman–Crippen MR) is 108 cm³/mol. The van der Waals surface area contributed by atoms with Crippen LogP contribution in [-0.2, 0) is 15.7 Å². The first-order valence-corrected chi connectivity index (χ1v) is 9.27. The van der Waals surface area contributed by atoms with Gasteiger partial charge in [0.25, 0.3) is 11.6 Å². The van der Waals surface area contributed by atoms with E-state index in [0.717, 1.165) is 23.0 Å². The number of nitro benzene ring substituents is 1. The minimum absolute atomic E-state index is 0.0363. The quantitative estimate of drug-likeness (QED) is 0.336. The number of nitrogens with zero attached hydrogens (tertiary/aromatic N) is 4. The summed E-state index contributed by atoms with van der Waals surface area (Å²) in [6.07, 6.45) is -2.78. The Bertz CT molecular complexity index is 1220. The van der Waals surface area contributed by atoms with E-state index in [-0.39, 0.29) is 28.5 Å². The van der Waals surface area contributed by atoms with Gasteiger partial charge in [-0.15, -0.1) is 0 Å². The molecule has 1 N–H and O–H groups in total. The van der Waals surface area contributed by atoms with Gasteiger partial charge in [0.1, 0.15) is 11.3 Å². The number of rotatable bonds is 6. The highest BCUT2D eigenvalue weighted by molar-refractivity contribution is 5.97. The molecule has 0 fully saturated rings. The second-order valence-electron chi connectivity index (χ2n) is 6.86. The summed E-state index contributed by atoms with van der Waals surface area (Å²) in [6.45, 7) is 2.40. The highest BCUT2D eigenvalue weighted by Crippen LogP contribution is 2.29. The Labute approximate surface area is 184 Å². The van der Waals surface area contributed by atoms with E-state index in [1.807, 2.05) is 0 Å². The van der Waals surface area contributed by atoms with Crippen LogP contribution in [0.1, 0.15) is 27.2 Å². The molecule has 0 spiro atoms. The number of esters is 1. The molecule has 172 valence electrons. The van der Waals surface area contributed by atoms with Crippen LogP contribution in [0.5, 0.6) is 0 Å². The van der Waals surface area contributed by atoms with E-state index >= 15 is 0 Å². The number of alkyl halides is 3. The van der Waals surface area contributed by atoms with Crippen LogP contribution in [0.4, 0.5) is 24.5 Å². The normalized spacial score (nSPS) is 11.2. The molecule has 1 amide bonds. The summed E-state index contributed by atoms with van der Waals surface area (Å²) < 4.78 is 44.1. The number of amides is 1. The summed E-state index contributed by atoms with van der Waals surface area (Å²) in [6, 6.07) is 6.14. The first-order chi connectivity index (χ1) is 15.5. The van der Waals surface area contributed by atoms with Crippen LogP contribution in [0, 0.1) is 24.0 Å². The Balaban J connectivity index is 1.67. The molecule has 33 heavy (non-hydrogen) atoms. The van der Waals surface area contributed by atoms with Crippen molar-refractivity contribution in [2.75, 3.05) is 11.9 Å². The Kier molecular flexibility index (Phi) is 6.42. The lowest BCUT2D eigenvalue weighted by molar-refractivity contribution is -0.384. The molecule has 2 heterocycles. The van der Waals surface area contributed by atoms with Crippen molar-refractivity contribution in [1.82, 2.24) is 14.8 Å². The van der Waals surface area contributed by atoms with Crippen molar-refractivity contribution in [3.05, 3.63) is 75.2 Å². The van der Waals surface area contributed by atoms with E-state index < -0.39 is 35.1 Å². The topological polar surface area (TPSA) is 129 Å². The van der Waals surface area contributed by atoms with Gasteiger partial charge in [-0.25, -0.2) is 14.5 Å². The van der Waals surface area contributed by atoms with Crippen molar-refractivity contribution in [3.63, 3.8) is 0 Å². The zero-order chi connectivity index (χ0) is 24.3. The molecule has 10 nitrogen and oxygen atoms in total. The minimum atomic E-state index is -4.54. The molecule has 0 aliphatic heterocycles. The van der Waals surface area contributed by atoms with E-state index in [9.17, 15) is 32.9 Å². The van der Waals surface area contributed by atoms with E-state index in [0.29, 0.717) is 11.8 Å². The second kappa shape index (κ2) is 9.06. The largest absolute Gasteiger partial charge is 0.452 e. The van der Waals surface area contributed by atoms with Gasteiger partial charge in [0, 0.05) is 12.3 Å². The third-order valence-corrected chi connectivity index (χ3v) is 4.48. The maximum atomic E-state index is 12.7. The molecule has 3 aromatic rings. The van der Waals surface area contributed by atoms with Crippen LogP contribution in [0.3, 0.4) is 0 Å². The number of pyridine rings is 1. The maximum absolute atomic E-state index is 12.7. The van der Waals surface area contributed by atoms with Gasteiger partial charge < -0.3 is 10.1 Å². The number of hydrogen-bond donors (Lipinski definition) is 1. The summed E-state index contributed by atoms with van der Waals surface area (Å²) in [7, 11) is 0. The predicted octanol–water partition coefficient (Wildman–Crippen LogP) is 3.61. The number of nitrogens with one attached hydrogen (secondary N) is 1. The van der Waals surface area contributed by atoms with Gasteiger partial charge in [-0.05, 0) is 37.6 Å². The lowest BCUT2D eigenvalue weighted by Crippen LogP contribution is -2.21. The fraction of sp³-hybridized carbons (Fsp3) is 0.200. The number of halogens is 3. The van der Waals surface area contributed by atoms with Crippen molar-refractivity contribution < 1.29 is 32.4 Å². The third kappa shape index (κ3) is 5.31. The van der Waals surface area contributed by atoms with E-state index in [1.165, 1.54) is 19.1 Å². The number of aryl methyl sites for hydroxylation is 1. The van der Waals surface area contributed by atoms with E-state index in [2.05, 4.69) is 15.4 Å². The molecule has 2 aromatic heterocycles. The number of hydrogen-bond acceptors (Lipinski definition) is 7. The standard InChI is InChI=1S/C20H16F3N5O5/c1-11-3-5-15(16(7-11)28(31)32)26-18(29)10-33-19(30)14-9-25-27(12(14)2)17-6-4-13(8-24-17)20(21,22)23/h3-9H,10H2,1-2H3,(H,26,29). The van der Waals surface area contributed by atoms with Crippen molar-refractivity contribution in [3.8, 4) is 5.82 Å². The molecule has 0 atom stereocenters. The van der Waals surface area contributed by atoms with Crippen LogP contribution in [0.2, 0.25) is 0 Å². The van der Waals surface area contributed by atoms with Gasteiger partial charge in [0.2, 0.25) is 0 Å². The highest BCUT2D eigenvalue weighted by atomic mass is 19.4. The summed E-state index contributed by atoms with van der Waals surface area (Å²) in [5.74, 6) is -1.67. The maximum Gasteiger partial charge on any atom is 0.417 e. The molecule has 1 aromatic carbocycles. The Morgan fingerprint density at radius 1 is 1.18 bits per heavy atom. The zero-order valence-electron chi connectivity index (χ0n) is 17.2. The number of anilines is 1. The molecular formula is C20H16F3N5O5. The van der Waals surface area contributed by atoms with Crippen molar-refractivity contribution in [1.29, 1.82) is 0 Å². The SMILES string of the molecule is Cc1ccc(NC(=O)COC(=O)c2cnn(-c3ccc(C(F)(F)F)cn3)c2C)c([N+](=O)[O-])c1. The van der Waals surface area contributed by atoms with Gasteiger partial charge in [-0.2, -0.15) is 18.3 Å². The Hall–Kier alpha value is -4.29.